The monoisotopic (exact) mass is 215 g/mol. The standard InChI is InChI=1S/C14H17NO/c1-10-3-5-12(6-4-10)14-8-7-13(16-14)9-11(2)15/h3-8,11H,9,15H2,1-2H3/t11-/m0/s1. The van der Waals surface area contributed by atoms with Crippen LogP contribution in [0.25, 0.3) is 11.3 Å². The number of benzene rings is 1. The Morgan fingerprint density at radius 2 is 1.81 bits per heavy atom. The summed E-state index contributed by atoms with van der Waals surface area (Å²) in [5, 5.41) is 0. The third-order valence-corrected chi connectivity index (χ3v) is 2.52. The first-order valence-electron chi connectivity index (χ1n) is 5.56. The van der Waals surface area contributed by atoms with Crippen molar-refractivity contribution in [1.29, 1.82) is 0 Å². The van der Waals surface area contributed by atoms with Gasteiger partial charge in [0.05, 0.1) is 0 Å². The Balaban J connectivity index is 2.21. The Morgan fingerprint density at radius 1 is 1.12 bits per heavy atom. The molecule has 84 valence electrons. The van der Waals surface area contributed by atoms with Gasteiger partial charge in [0.25, 0.3) is 0 Å². The van der Waals surface area contributed by atoms with Crippen LogP contribution in [-0.4, -0.2) is 6.04 Å². The molecule has 0 aliphatic heterocycles. The van der Waals surface area contributed by atoms with Crippen LogP contribution in [0, 0.1) is 6.92 Å². The van der Waals surface area contributed by atoms with Gasteiger partial charge in [0.2, 0.25) is 0 Å². The molecule has 0 fully saturated rings. The Kier molecular flexibility index (Phi) is 3.11. The smallest absolute Gasteiger partial charge is 0.134 e. The fourth-order valence-electron chi connectivity index (χ4n) is 1.68. The van der Waals surface area contributed by atoms with Crippen LogP contribution in [0.15, 0.2) is 40.8 Å². The lowest BCUT2D eigenvalue weighted by atomic mass is 10.1. The van der Waals surface area contributed by atoms with Crippen LogP contribution in [0.2, 0.25) is 0 Å². The highest BCUT2D eigenvalue weighted by atomic mass is 16.3. The zero-order valence-corrected chi connectivity index (χ0v) is 9.73. The van der Waals surface area contributed by atoms with E-state index in [1.165, 1.54) is 5.56 Å². The Morgan fingerprint density at radius 3 is 2.44 bits per heavy atom. The highest BCUT2D eigenvalue weighted by Gasteiger charge is 2.06. The lowest BCUT2D eigenvalue weighted by Crippen LogP contribution is -2.17. The van der Waals surface area contributed by atoms with E-state index in [-0.39, 0.29) is 6.04 Å². The summed E-state index contributed by atoms with van der Waals surface area (Å²) in [6, 6.07) is 12.5. The number of aryl methyl sites for hydroxylation is 1. The number of hydrogen-bond acceptors (Lipinski definition) is 2. The molecule has 0 saturated carbocycles. The molecule has 1 aromatic heterocycles. The molecule has 1 heterocycles. The minimum atomic E-state index is 0.136. The first-order valence-corrected chi connectivity index (χ1v) is 5.56. The van der Waals surface area contributed by atoms with Crippen LogP contribution < -0.4 is 5.73 Å². The van der Waals surface area contributed by atoms with E-state index >= 15 is 0 Å². The van der Waals surface area contributed by atoms with Crippen LogP contribution in [0.1, 0.15) is 18.2 Å². The van der Waals surface area contributed by atoms with Gasteiger partial charge in [0.1, 0.15) is 11.5 Å². The molecule has 0 aliphatic rings. The number of hydrogen-bond donors (Lipinski definition) is 1. The van der Waals surface area contributed by atoms with Gasteiger partial charge in [-0.15, -0.1) is 0 Å². The Hall–Kier alpha value is -1.54. The van der Waals surface area contributed by atoms with Gasteiger partial charge in [-0.1, -0.05) is 29.8 Å². The van der Waals surface area contributed by atoms with Crippen molar-refractivity contribution in [2.75, 3.05) is 0 Å². The zero-order chi connectivity index (χ0) is 11.5. The van der Waals surface area contributed by atoms with Crippen LogP contribution in [0.4, 0.5) is 0 Å². The van der Waals surface area contributed by atoms with Gasteiger partial charge in [-0.25, -0.2) is 0 Å². The number of rotatable bonds is 3. The van der Waals surface area contributed by atoms with Crippen molar-refractivity contribution in [2.45, 2.75) is 26.3 Å². The first kappa shape index (κ1) is 11.0. The summed E-state index contributed by atoms with van der Waals surface area (Å²) in [4.78, 5) is 0. The van der Waals surface area contributed by atoms with E-state index in [0.717, 1.165) is 23.5 Å². The molecule has 0 spiro atoms. The van der Waals surface area contributed by atoms with Gasteiger partial charge in [-0.2, -0.15) is 0 Å². The summed E-state index contributed by atoms with van der Waals surface area (Å²) in [5.41, 5.74) is 8.10. The molecule has 1 aromatic carbocycles. The largest absolute Gasteiger partial charge is 0.461 e. The van der Waals surface area contributed by atoms with Crippen LogP contribution in [0.3, 0.4) is 0 Å². The summed E-state index contributed by atoms with van der Waals surface area (Å²) in [6.45, 7) is 4.06. The minimum Gasteiger partial charge on any atom is -0.461 e. The third-order valence-electron chi connectivity index (χ3n) is 2.52. The fraction of sp³-hybridized carbons (Fsp3) is 0.286. The van der Waals surface area contributed by atoms with E-state index in [1.54, 1.807) is 0 Å². The summed E-state index contributed by atoms with van der Waals surface area (Å²) in [6.07, 6.45) is 0.784. The quantitative estimate of drug-likeness (QED) is 0.854. The lowest BCUT2D eigenvalue weighted by Gasteiger charge is -2.01. The second-order valence-corrected chi connectivity index (χ2v) is 4.31. The van der Waals surface area contributed by atoms with Gasteiger partial charge in [-0.3, -0.25) is 0 Å². The molecule has 0 unspecified atom stereocenters. The molecule has 0 bridgehead atoms. The molecule has 2 aromatic rings. The maximum Gasteiger partial charge on any atom is 0.134 e. The molecular formula is C14H17NO. The van der Waals surface area contributed by atoms with Gasteiger partial charge < -0.3 is 10.2 Å². The van der Waals surface area contributed by atoms with Crippen molar-refractivity contribution in [3.8, 4) is 11.3 Å². The van der Waals surface area contributed by atoms with Crippen LogP contribution in [0.5, 0.6) is 0 Å². The van der Waals surface area contributed by atoms with E-state index in [2.05, 4.69) is 31.2 Å². The number of nitrogens with two attached hydrogens (primary N) is 1. The van der Waals surface area contributed by atoms with Crippen molar-refractivity contribution < 1.29 is 4.42 Å². The first-order chi connectivity index (χ1) is 7.65. The average Bonchev–Trinajstić information content (AvgIpc) is 2.66. The van der Waals surface area contributed by atoms with Crippen molar-refractivity contribution in [2.24, 2.45) is 5.73 Å². The third kappa shape index (κ3) is 2.52. The summed E-state index contributed by atoms with van der Waals surface area (Å²) < 4.78 is 5.74. The van der Waals surface area contributed by atoms with Crippen LogP contribution in [-0.2, 0) is 6.42 Å². The molecule has 2 heteroatoms. The molecule has 1 atom stereocenters. The predicted octanol–water partition coefficient (Wildman–Crippen LogP) is 3.14. The molecule has 16 heavy (non-hydrogen) atoms. The maximum absolute atomic E-state index is 5.74. The van der Waals surface area contributed by atoms with E-state index in [0.29, 0.717) is 0 Å². The summed E-state index contributed by atoms with van der Waals surface area (Å²) >= 11 is 0. The highest BCUT2D eigenvalue weighted by Crippen LogP contribution is 2.22. The van der Waals surface area contributed by atoms with Crippen molar-refractivity contribution >= 4 is 0 Å². The molecule has 0 radical (unpaired) electrons. The predicted molar refractivity (Wildman–Crippen MR) is 66.2 cm³/mol. The summed E-state index contributed by atoms with van der Waals surface area (Å²) in [5.74, 6) is 1.86. The normalized spacial score (nSPS) is 12.7. The molecular weight excluding hydrogens is 198 g/mol. The van der Waals surface area contributed by atoms with Crippen molar-refractivity contribution in [3.63, 3.8) is 0 Å². The van der Waals surface area contributed by atoms with Gasteiger partial charge in [-0.05, 0) is 26.0 Å². The second-order valence-electron chi connectivity index (χ2n) is 4.31. The molecule has 0 aliphatic carbocycles. The molecule has 2 nitrogen and oxygen atoms in total. The Labute approximate surface area is 96.1 Å². The molecule has 0 amide bonds. The highest BCUT2D eigenvalue weighted by molar-refractivity contribution is 5.57. The summed E-state index contributed by atoms with van der Waals surface area (Å²) in [7, 11) is 0. The van der Waals surface area contributed by atoms with Crippen molar-refractivity contribution in [1.82, 2.24) is 0 Å². The van der Waals surface area contributed by atoms with Crippen LogP contribution >= 0.6 is 0 Å². The van der Waals surface area contributed by atoms with E-state index in [4.69, 9.17) is 10.2 Å². The average molecular weight is 215 g/mol. The van der Waals surface area contributed by atoms with Crippen molar-refractivity contribution in [3.05, 3.63) is 47.7 Å². The topological polar surface area (TPSA) is 39.2 Å². The maximum atomic E-state index is 5.74. The van der Waals surface area contributed by atoms with Gasteiger partial charge in [0.15, 0.2) is 0 Å². The van der Waals surface area contributed by atoms with E-state index in [1.807, 2.05) is 19.1 Å². The SMILES string of the molecule is Cc1ccc(-c2ccc(C[C@H](C)N)o2)cc1. The van der Waals surface area contributed by atoms with E-state index < -0.39 is 0 Å². The number of furan rings is 1. The fourth-order valence-corrected chi connectivity index (χ4v) is 1.68. The zero-order valence-electron chi connectivity index (χ0n) is 9.73. The lowest BCUT2D eigenvalue weighted by molar-refractivity contribution is 0.503. The van der Waals surface area contributed by atoms with Gasteiger partial charge >= 0.3 is 0 Å². The minimum absolute atomic E-state index is 0.136. The molecule has 2 rings (SSSR count). The van der Waals surface area contributed by atoms with E-state index in [9.17, 15) is 0 Å². The Bertz CT molecular complexity index is 454. The second kappa shape index (κ2) is 4.54. The van der Waals surface area contributed by atoms with Gasteiger partial charge in [0, 0.05) is 18.0 Å². The molecule has 0 saturated heterocycles. The molecule has 2 N–H and O–H groups in total.